The van der Waals surface area contributed by atoms with E-state index in [1.54, 1.807) is 16.7 Å². The summed E-state index contributed by atoms with van der Waals surface area (Å²) in [6, 6.07) is 0. The van der Waals surface area contributed by atoms with Gasteiger partial charge in [-0.05, 0) is 80.8 Å². The van der Waals surface area contributed by atoms with Crippen LogP contribution in [0.2, 0.25) is 0 Å². The van der Waals surface area contributed by atoms with E-state index < -0.39 is 0 Å². The van der Waals surface area contributed by atoms with E-state index in [4.69, 9.17) is 0 Å². The van der Waals surface area contributed by atoms with Gasteiger partial charge in [0.15, 0.2) is 0 Å². The standard InChI is InChI=1S/C18H26O/c1-18-11-10-14-13-5-3-2-4-12(13)6-7-15(14)16(18)8-9-17(18)19/h10,15-17,19H,2-9,11H2,1H3/t15-,16+,17?,18+/m1/s1. The first-order chi connectivity index (χ1) is 9.20. The minimum Gasteiger partial charge on any atom is -0.393 e. The summed E-state index contributed by atoms with van der Waals surface area (Å²) in [5, 5.41) is 10.4. The summed E-state index contributed by atoms with van der Waals surface area (Å²) in [5.41, 5.74) is 5.44. The van der Waals surface area contributed by atoms with E-state index in [1.807, 2.05) is 0 Å². The third-order valence-corrected chi connectivity index (χ3v) is 6.69. The topological polar surface area (TPSA) is 20.2 Å². The first kappa shape index (κ1) is 12.2. The first-order valence-corrected chi connectivity index (χ1v) is 8.29. The zero-order valence-electron chi connectivity index (χ0n) is 12.1. The number of aliphatic hydroxyl groups excluding tert-OH is 1. The molecule has 0 aliphatic heterocycles. The maximum atomic E-state index is 10.4. The van der Waals surface area contributed by atoms with Crippen molar-refractivity contribution >= 4 is 0 Å². The number of aliphatic hydroxyl groups is 1. The smallest absolute Gasteiger partial charge is 0.0599 e. The Morgan fingerprint density at radius 2 is 1.95 bits per heavy atom. The molecule has 4 atom stereocenters. The van der Waals surface area contributed by atoms with Crippen LogP contribution in [0.4, 0.5) is 0 Å². The van der Waals surface area contributed by atoms with Crippen LogP contribution < -0.4 is 0 Å². The van der Waals surface area contributed by atoms with E-state index >= 15 is 0 Å². The van der Waals surface area contributed by atoms with Crippen molar-refractivity contribution in [3.05, 3.63) is 22.8 Å². The predicted octanol–water partition coefficient (Wildman–Crippen LogP) is 4.37. The largest absolute Gasteiger partial charge is 0.393 e. The minimum atomic E-state index is -0.0583. The molecule has 0 aromatic carbocycles. The molecule has 1 fully saturated rings. The Hall–Kier alpha value is -0.560. The molecule has 1 N–H and O–H groups in total. The summed E-state index contributed by atoms with van der Waals surface area (Å²) in [6.07, 6.45) is 14.1. The van der Waals surface area contributed by atoms with Gasteiger partial charge in [-0.25, -0.2) is 0 Å². The van der Waals surface area contributed by atoms with E-state index in [1.165, 1.54) is 44.9 Å². The Morgan fingerprint density at radius 3 is 2.84 bits per heavy atom. The van der Waals surface area contributed by atoms with Gasteiger partial charge in [-0.1, -0.05) is 18.6 Å². The molecule has 4 rings (SSSR count). The van der Waals surface area contributed by atoms with Crippen LogP contribution in [0, 0.1) is 17.3 Å². The second-order valence-electron chi connectivity index (χ2n) is 7.50. The normalized spacial score (nSPS) is 45.4. The summed E-state index contributed by atoms with van der Waals surface area (Å²) in [4.78, 5) is 0. The number of allylic oxidation sites excluding steroid dienone is 4. The highest BCUT2D eigenvalue weighted by Gasteiger charge is 2.52. The quantitative estimate of drug-likeness (QED) is 0.684. The Labute approximate surface area is 116 Å². The van der Waals surface area contributed by atoms with Gasteiger partial charge >= 0.3 is 0 Å². The van der Waals surface area contributed by atoms with Gasteiger partial charge in [0.2, 0.25) is 0 Å². The Bertz CT molecular complexity index is 458. The van der Waals surface area contributed by atoms with Gasteiger partial charge in [-0.15, -0.1) is 0 Å². The fraction of sp³-hybridized carbons (Fsp3) is 0.778. The third kappa shape index (κ3) is 1.63. The molecule has 1 saturated carbocycles. The lowest BCUT2D eigenvalue weighted by Gasteiger charge is -2.46. The highest BCUT2D eigenvalue weighted by Crippen LogP contribution is 2.58. The maximum Gasteiger partial charge on any atom is 0.0599 e. The van der Waals surface area contributed by atoms with Crippen LogP contribution in [0.1, 0.15) is 64.7 Å². The molecule has 1 nitrogen and oxygen atoms in total. The molecule has 0 aromatic heterocycles. The van der Waals surface area contributed by atoms with E-state index in [-0.39, 0.29) is 11.5 Å². The lowest BCUT2D eigenvalue weighted by atomic mass is 9.59. The minimum absolute atomic E-state index is 0.0583. The van der Waals surface area contributed by atoms with Gasteiger partial charge in [0.1, 0.15) is 0 Å². The highest BCUT2D eigenvalue weighted by molar-refractivity contribution is 5.43. The van der Waals surface area contributed by atoms with Gasteiger partial charge in [-0.3, -0.25) is 0 Å². The second kappa shape index (κ2) is 4.22. The molecule has 0 aromatic rings. The van der Waals surface area contributed by atoms with Crippen LogP contribution >= 0.6 is 0 Å². The van der Waals surface area contributed by atoms with Gasteiger partial charge in [-0.2, -0.15) is 0 Å². The van der Waals surface area contributed by atoms with Crippen LogP contribution in [0.3, 0.4) is 0 Å². The van der Waals surface area contributed by atoms with Gasteiger partial charge in [0.05, 0.1) is 6.10 Å². The fourth-order valence-electron chi connectivity index (χ4n) is 5.52. The number of hydrogen-bond donors (Lipinski definition) is 1. The molecule has 0 saturated heterocycles. The summed E-state index contributed by atoms with van der Waals surface area (Å²) < 4.78 is 0. The van der Waals surface area contributed by atoms with E-state index in [0.29, 0.717) is 0 Å². The van der Waals surface area contributed by atoms with Crippen LogP contribution in [0.5, 0.6) is 0 Å². The van der Waals surface area contributed by atoms with Crippen molar-refractivity contribution in [2.75, 3.05) is 0 Å². The lowest BCUT2D eigenvalue weighted by molar-refractivity contribution is 0.0203. The zero-order valence-corrected chi connectivity index (χ0v) is 12.1. The molecule has 0 bridgehead atoms. The molecule has 4 aliphatic rings. The van der Waals surface area contributed by atoms with Crippen LogP contribution in [0.25, 0.3) is 0 Å². The molecule has 104 valence electrons. The molecule has 1 unspecified atom stereocenters. The van der Waals surface area contributed by atoms with E-state index in [9.17, 15) is 5.11 Å². The Morgan fingerprint density at radius 1 is 1.11 bits per heavy atom. The molecule has 4 aliphatic carbocycles. The SMILES string of the molecule is C[C@]12CC=C3C4=C(CCCC4)CC[C@H]3[C@@H]1CCC2O. The van der Waals surface area contributed by atoms with Gasteiger partial charge in [0.25, 0.3) is 0 Å². The Balaban J connectivity index is 1.74. The van der Waals surface area contributed by atoms with E-state index in [2.05, 4.69) is 13.0 Å². The summed E-state index contributed by atoms with van der Waals surface area (Å²) in [5.74, 6) is 1.52. The van der Waals surface area contributed by atoms with Gasteiger partial charge in [0, 0.05) is 5.41 Å². The maximum absolute atomic E-state index is 10.4. The molecule has 0 spiro atoms. The van der Waals surface area contributed by atoms with Crippen molar-refractivity contribution in [2.24, 2.45) is 17.3 Å². The third-order valence-electron chi connectivity index (χ3n) is 6.69. The van der Waals surface area contributed by atoms with Crippen molar-refractivity contribution in [3.8, 4) is 0 Å². The summed E-state index contributed by atoms with van der Waals surface area (Å²) >= 11 is 0. The first-order valence-electron chi connectivity index (χ1n) is 8.29. The van der Waals surface area contributed by atoms with Gasteiger partial charge < -0.3 is 5.11 Å². The monoisotopic (exact) mass is 258 g/mol. The van der Waals surface area contributed by atoms with Crippen molar-refractivity contribution in [1.29, 1.82) is 0 Å². The predicted molar refractivity (Wildman–Crippen MR) is 77.8 cm³/mol. The van der Waals surface area contributed by atoms with Crippen LogP contribution in [0.15, 0.2) is 22.8 Å². The zero-order chi connectivity index (χ0) is 13.0. The van der Waals surface area contributed by atoms with Crippen molar-refractivity contribution in [1.82, 2.24) is 0 Å². The number of fused-ring (bicyclic) bond motifs is 4. The fourth-order valence-corrected chi connectivity index (χ4v) is 5.52. The molecule has 0 amide bonds. The number of rotatable bonds is 0. The van der Waals surface area contributed by atoms with E-state index in [0.717, 1.165) is 24.7 Å². The van der Waals surface area contributed by atoms with Crippen LogP contribution in [-0.4, -0.2) is 11.2 Å². The summed E-state index contributed by atoms with van der Waals surface area (Å²) in [6.45, 7) is 2.34. The average Bonchev–Trinajstić information content (AvgIpc) is 2.75. The molecular weight excluding hydrogens is 232 g/mol. The van der Waals surface area contributed by atoms with Crippen molar-refractivity contribution in [2.45, 2.75) is 70.8 Å². The highest BCUT2D eigenvalue weighted by atomic mass is 16.3. The lowest BCUT2D eigenvalue weighted by Crippen LogP contribution is -2.40. The molecule has 1 heteroatoms. The van der Waals surface area contributed by atoms with Crippen molar-refractivity contribution in [3.63, 3.8) is 0 Å². The summed E-state index contributed by atoms with van der Waals surface area (Å²) in [7, 11) is 0. The molecule has 19 heavy (non-hydrogen) atoms. The average molecular weight is 258 g/mol. The molecule has 0 radical (unpaired) electrons. The molecular formula is C18H26O. The second-order valence-corrected chi connectivity index (χ2v) is 7.50. The molecule has 0 heterocycles. The number of hydrogen-bond acceptors (Lipinski definition) is 1. The van der Waals surface area contributed by atoms with Crippen LogP contribution in [-0.2, 0) is 0 Å². The van der Waals surface area contributed by atoms with Crippen molar-refractivity contribution < 1.29 is 5.11 Å². The Kier molecular flexibility index (Phi) is 2.71.